The molecule has 11 nitrogen and oxygen atoms in total. The largest absolute Gasteiger partial charge is 0.493 e. The zero-order valence-electron chi connectivity index (χ0n) is 18.4. The van der Waals surface area contributed by atoms with E-state index in [-0.39, 0.29) is 22.6 Å². The standard InChI is InChI=1S/C22H21BrN4O7/c1-3-4-5-19-25-16-7-6-14(23)10-15(16)22(30)26(19)24-11-13-8-17(27(31)32)21(18(9-13)33-2)34-12-20(28)29/h6-11H,3-5,12H2,1-2H3,(H,28,29). The molecule has 0 aliphatic carbocycles. The molecule has 1 aromatic heterocycles. The maximum atomic E-state index is 13.2. The first-order valence-electron chi connectivity index (χ1n) is 10.2. The van der Waals surface area contributed by atoms with Gasteiger partial charge in [-0.3, -0.25) is 14.9 Å². The number of halogens is 1. The Hall–Kier alpha value is -3.80. The number of ether oxygens (including phenoxy) is 2. The fourth-order valence-corrected chi connectivity index (χ4v) is 3.55. The number of rotatable bonds is 10. The Balaban J connectivity index is 2.12. The van der Waals surface area contributed by atoms with Crippen molar-refractivity contribution in [1.82, 2.24) is 9.66 Å². The molecule has 3 aromatic rings. The topological polar surface area (TPSA) is 146 Å². The van der Waals surface area contributed by atoms with Crippen molar-refractivity contribution in [1.29, 1.82) is 0 Å². The average molecular weight is 533 g/mol. The van der Waals surface area contributed by atoms with E-state index in [0.29, 0.717) is 27.6 Å². The molecule has 3 rings (SSSR count). The van der Waals surface area contributed by atoms with Crippen LogP contribution in [0.1, 0.15) is 31.2 Å². The van der Waals surface area contributed by atoms with Gasteiger partial charge in [-0.05, 0) is 30.7 Å². The van der Waals surface area contributed by atoms with E-state index in [2.05, 4.69) is 26.0 Å². The van der Waals surface area contributed by atoms with Gasteiger partial charge in [0.2, 0.25) is 5.75 Å². The van der Waals surface area contributed by atoms with Gasteiger partial charge in [0.1, 0.15) is 5.82 Å². The number of fused-ring (bicyclic) bond motifs is 1. The Morgan fingerprint density at radius 1 is 1.35 bits per heavy atom. The maximum absolute atomic E-state index is 13.2. The van der Waals surface area contributed by atoms with Crippen molar-refractivity contribution in [2.75, 3.05) is 13.7 Å². The van der Waals surface area contributed by atoms with Gasteiger partial charge in [0, 0.05) is 22.5 Å². The summed E-state index contributed by atoms with van der Waals surface area (Å²) in [5.41, 5.74) is -0.0883. The highest BCUT2D eigenvalue weighted by atomic mass is 79.9. The van der Waals surface area contributed by atoms with Gasteiger partial charge in [0.15, 0.2) is 12.4 Å². The number of methoxy groups -OCH3 is 1. The van der Waals surface area contributed by atoms with Crippen LogP contribution in [0.4, 0.5) is 5.69 Å². The molecule has 34 heavy (non-hydrogen) atoms. The summed E-state index contributed by atoms with van der Waals surface area (Å²) in [6, 6.07) is 7.75. The molecule has 0 amide bonds. The Labute approximate surface area is 201 Å². The van der Waals surface area contributed by atoms with E-state index >= 15 is 0 Å². The van der Waals surface area contributed by atoms with Gasteiger partial charge in [-0.15, -0.1) is 0 Å². The molecule has 0 aliphatic heterocycles. The minimum atomic E-state index is -1.29. The number of carboxylic acids is 1. The molecule has 178 valence electrons. The number of carbonyl (C=O) groups is 1. The number of nitro groups is 1. The third-order valence-corrected chi connectivity index (χ3v) is 5.26. The summed E-state index contributed by atoms with van der Waals surface area (Å²) in [6.45, 7) is 1.24. The fraction of sp³-hybridized carbons (Fsp3) is 0.273. The van der Waals surface area contributed by atoms with Gasteiger partial charge in [0.25, 0.3) is 5.56 Å². The minimum absolute atomic E-state index is 0.0454. The average Bonchev–Trinajstić information content (AvgIpc) is 2.80. The summed E-state index contributed by atoms with van der Waals surface area (Å²) in [6.07, 6.45) is 3.47. The Bertz CT molecular complexity index is 1340. The highest BCUT2D eigenvalue weighted by Gasteiger charge is 2.23. The third-order valence-electron chi connectivity index (χ3n) is 4.77. The molecular formula is C22H21BrN4O7. The van der Waals surface area contributed by atoms with E-state index in [1.165, 1.54) is 24.1 Å². The van der Waals surface area contributed by atoms with Gasteiger partial charge in [-0.1, -0.05) is 29.3 Å². The van der Waals surface area contributed by atoms with Crippen LogP contribution in [0.3, 0.4) is 0 Å². The molecule has 0 saturated carbocycles. The van der Waals surface area contributed by atoms with Crippen LogP contribution in [0, 0.1) is 10.1 Å². The van der Waals surface area contributed by atoms with Gasteiger partial charge in [-0.25, -0.2) is 9.78 Å². The van der Waals surface area contributed by atoms with Crippen molar-refractivity contribution in [2.45, 2.75) is 26.2 Å². The van der Waals surface area contributed by atoms with Crippen molar-refractivity contribution in [3.8, 4) is 11.5 Å². The highest BCUT2D eigenvalue weighted by Crippen LogP contribution is 2.38. The number of hydrogen-bond acceptors (Lipinski definition) is 8. The number of benzene rings is 2. The monoisotopic (exact) mass is 532 g/mol. The number of aromatic nitrogens is 2. The molecule has 1 N–H and O–H groups in total. The van der Waals surface area contributed by atoms with Crippen LogP contribution < -0.4 is 15.0 Å². The molecule has 0 bridgehead atoms. The summed E-state index contributed by atoms with van der Waals surface area (Å²) in [7, 11) is 1.27. The molecule has 0 radical (unpaired) electrons. The van der Waals surface area contributed by atoms with Crippen LogP contribution in [-0.4, -0.2) is 45.6 Å². The first-order valence-corrected chi connectivity index (χ1v) is 11.0. The number of carboxylic acid groups (broad SMARTS) is 1. The van der Waals surface area contributed by atoms with Gasteiger partial charge in [0.05, 0.1) is 29.2 Å². The van der Waals surface area contributed by atoms with E-state index < -0.39 is 23.2 Å². The first kappa shape index (κ1) is 24.8. The third kappa shape index (κ3) is 5.57. The van der Waals surface area contributed by atoms with E-state index in [1.807, 2.05) is 6.92 Å². The number of unbranched alkanes of at least 4 members (excludes halogenated alkanes) is 1. The molecule has 0 unspecified atom stereocenters. The number of aliphatic carboxylic acids is 1. The predicted molar refractivity (Wildman–Crippen MR) is 128 cm³/mol. The van der Waals surface area contributed by atoms with Crippen molar-refractivity contribution in [3.05, 3.63) is 66.7 Å². The van der Waals surface area contributed by atoms with E-state index in [1.54, 1.807) is 18.2 Å². The molecule has 12 heteroatoms. The summed E-state index contributed by atoms with van der Waals surface area (Å²) in [4.78, 5) is 39.4. The SMILES string of the molecule is CCCCc1nc2ccc(Br)cc2c(=O)n1N=Cc1cc(OC)c(OCC(=O)O)c([N+](=O)[O-])c1. The second-order valence-corrected chi connectivity index (χ2v) is 8.08. The van der Waals surface area contributed by atoms with Gasteiger partial charge < -0.3 is 14.6 Å². The normalized spacial score (nSPS) is 11.1. The quantitative estimate of drug-likeness (QED) is 0.236. The molecule has 0 atom stereocenters. The lowest BCUT2D eigenvalue weighted by molar-refractivity contribution is -0.385. The minimum Gasteiger partial charge on any atom is -0.493 e. The van der Waals surface area contributed by atoms with Crippen LogP contribution in [-0.2, 0) is 11.2 Å². The van der Waals surface area contributed by atoms with Crippen LogP contribution in [0.5, 0.6) is 11.5 Å². The summed E-state index contributed by atoms with van der Waals surface area (Å²) in [5.74, 6) is -1.20. The van der Waals surface area contributed by atoms with Crippen molar-refractivity contribution in [2.24, 2.45) is 5.10 Å². The van der Waals surface area contributed by atoms with Crippen LogP contribution in [0.25, 0.3) is 10.9 Å². The lowest BCUT2D eigenvalue weighted by atomic mass is 10.2. The second-order valence-electron chi connectivity index (χ2n) is 7.17. The molecule has 0 aliphatic rings. The lowest BCUT2D eigenvalue weighted by Crippen LogP contribution is -2.22. The van der Waals surface area contributed by atoms with Crippen molar-refractivity contribution < 1.29 is 24.3 Å². The summed E-state index contributed by atoms with van der Waals surface area (Å²) < 4.78 is 12.1. The van der Waals surface area contributed by atoms with Crippen LogP contribution in [0.2, 0.25) is 0 Å². The molecule has 2 aromatic carbocycles. The number of aryl methyl sites for hydroxylation is 1. The number of hydrogen-bond donors (Lipinski definition) is 1. The zero-order valence-corrected chi connectivity index (χ0v) is 19.9. The van der Waals surface area contributed by atoms with E-state index in [0.717, 1.165) is 18.9 Å². The Kier molecular flexibility index (Phi) is 7.95. The number of nitrogens with zero attached hydrogens (tertiary/aromatic N) is 4. The molecule has 0 spiro atoms. The fourth-order valence-electron chi connectivity index (χ4n) is 3.18. The van der Waals surface area contributed by atoms with E-state index in [4.69, 9.17) is 14.6 Å². The first-order chi connectivity index (χ1) is 16.2. The van der Waals surface area contributed by atoms with Crippen molar-refractivity contribution in [3.63, 3.8) is 0 Å². The molecule has 0 fully saturated rings. The Morgan fingerprint density at radius 2 is 2.12 bits per heavy atom. The lowest BCUT2D eigenvalue weighted by Gasteiger charge is -2.11. The smallest absolute Gasteiger partial charge is 0.341 e. The predicted octanol–water partition coefficient (Wildman–Crippen LogP) is 3.76. The zero-order chi connectivity index (χ0) is 24.8. The van der Waals surface area contributed by atoms with Crippen LogP contribution >= 0.6 is 15.9 Å². The highest BCUT2D eigenvalue weighted by molar-refractivity contribution is 9.10. The molecule has 1 heterocycles. The Morgan fingerprint density at radius 3 is 2.76 bits per heavy atom. The van der Waals surface area contributed by atoms with Gasteiger partial charge >= 0.3 is 11.7 Å². The van der Waals surface area contributed by atoms with Gasteiger partial charge in [-0.2, -0.15) is 9.78 Å². The number of nitro benzene ring substituents is 1. The molecular weight excluding hydrogens is 512 g/mol. The maximum Gasteiger partial charge on any atom is 0.341 e. The summed E-state index contributed by atoms with van der Waals surface area (Å²) >= 11 is 3.35. The molecule has 0 saturated heterocycles. The van der Waals surface area contributed by atoms with Crippen LogP contribution in [0.15, 0.2) is 44.7 Å². The van der Waals surface area contributed by atoms with Crippen molar-refractivity contribution >= 4 is 44.7 Å². The van der Waals surface area contributed by atoms with E-state index in [9.17, 15) is 19.7 Å². The summed E-state index contributed by atoms with van der Waals surface area (Å²) in [5, 5.41) is 25.1. The second kappa shape index (κ2) is 10.9.